The third-order valence-corrected chi connectivity index (χ3v) is 11.2. The van der Waals surface area contributed by atoms with E-state index in [0.717, 1.165) is 41.4 Å². The Morgan fingerprint density at radius 1 is 0.914 bits per heavy atom. The minimum absolute atomic E-state index is 0.553. The Kier molecular flexibility index (Phi) is 8.60. The minimum Gasteiger partial charge on any atom is -0.466 e. The number of allylic oxidation sites excluding steroid dienone is 4. The molecule has 1 aliphatic heterocycles. The van der Waals surface area contributed by atoms with E-state index >= 15 is 0 Å². The van der Waals surface area contributed by atoms with Gasteiger partial charge in [0.1, 0.15) is 25.0 Å². The molecule has 0 spiro atoms. The van der Waals surface area contributed by atoms with Gasteiger partial charge in [0.25, 0.3) is 0 Å². The van der Waals surface area contributed by atoms with E-state index in [0.29, 0.717) is 10.8 Å². The second-order valence-corrected chi connectivity index (χ2v) is 13.1. The highest BCUT2D eigenvalue weighted by atomic mass is 16.5. The fourth-order valence-corrected chi connectivity index (χ4v) is 9.16. The Morgan fingerprint density at radius 3 is 2.26 bits per heavy atom. The summed E-state index contributed by atoms with van der Waals surface area (Å²) in [6.07, 6.45) is 28.1. The summed E-state index contributed by atoms with van der Waals surface area (Å²) >= 11 is 0. The molecule has 2 nitrogen and oxygen atoms in total. The highest BCUT2D eigenvalue weighted by Crippen LogP contribution is 2.67. The Labute approximate surface area is 216 Å². The topological polar surface area (TPSA) is 18.5 Å². The first-order valence-electron chi connectivity index (χ1n) is 14.8. The van der Waals surface area contributed by atoms with Crippen LogP contribution in [0.25, 0.3) is 0 Å². The smallest absolute Gasteiger partial charge is 0.125 e. The highest BCUT2D eigenvalue weighted by Gasteiger charge is 2.58. The molecule has 0 amide bonds. The predicted molar refractivity (Wildman–Crippen MR) is 147 cm³/mol. The molecule has 5 aliphatic rings. The third-order valence-electron chi connectivity index (χ3n) is 11.2. The molecule has 3 fully saturated rings. The number of ether oxygens (including phenoxy) is 2. The second kappa shape index (κ2) is 11.3. The van der Waals surface area contributed by atoms with Crippen molar-refractivity contribution >= 4 is 0 Å². The Morgan fingerprint density at radius 2 is 1.63 bits per heavy atom. The molecule has 8 atom stereocenters. The first-order chi connectivity index (χ1) is 16.8. The van der Waals surface area contributed by atoms with Gasteiger partial charge in [0.15, 0.2) is 0 Å². The molecule has 1 unspecified atom stereocenters. The molecule has 3 saturated carbocycles. The van der Waals surface area contributed by atoms with Crippen molar-refractivity contribution in [1.29, 1.82) is 0 Å². The van der Waals surface area contributed by atoms with Crippen LogP contribution in [0.3, 0.4) is 0 Å². The maximum absolute atomic E-state index is 4.58. The summed E-state index contributed by atoms with van der Waals surface area (Å²) in [4.78, 5) is 0. The van der Waals surface area contributed by atoms with Gasteiger partial charge < -0.3 is 9.47 Å². The Balaban J connectivity index is 0.000000421. The van der Waals surface area contributed by atoms with Gasteiger partial charge in [-0.15, -0.1) is 0 Å². The third kappa shape index (κ3) is 5.33. The fourth-order valence-electron chi connectivity index (χ4n) is 9.16. The van der Waals surface area contributed by atoms with Gasteiger partial charge in [0.2, 0.25) is 0 Å². The first-order valence-corrected chi connectivity index (χ1v) is 14.8. The summed E-state index contributed by atoms with van der Waals surface area (Å²) in [5.74, 6) is 6.17. The van der Waals surface area contributed by atoms with Crippen LogP contribution in [0.4, 0.5) is 0 Å². The number of rotatable bonds is 5. The van der Waals surface area contributed by atoms with E-state index < -0.39 is 0 Å². The van der Waals surface area contributed by atoms with Crippen molar-refractivity contribution in [3.05, 3.63) is 48.8 Å². The normalized spacial score (nSPS) is 39.3. The van der Waals surface area contributed by atoms with Crippen molar-refractivity contribution in [1.82, 2.24) is 0 Å². The van der Waals surface area contributed by atoms with Crippen molar-refractivity contribution in [3.63, 3.8) is 0 Å². The molecule has 0 saturated heterocycles. The zero-order valence-corrected chi connectivity index (χ0v) is 23.5. The predicted octanol–water partition coefficient (Wildman–Crippen LogP) is 9.81. The Hall–Kier alpha value is -1.44. The van der Waals surface area contributed by atoms with Gasteiger partial charge in [-0.1, -0.05) is 65.3 Å². The van der Waals surface area contributed by atoms with Gasteiger partial charge in [0, 0.05) is 0 Å². The van der Waals surface area contributed by atoms with Gasteiger partial charge in [-0.05, 0) is 116 Å². The zero-order valence-electron chi connectivity index (χ0n) is 23.5. The monoisotopic (exact) mass is 480 g/mol. The summed E-state index contributed by atoms with van der Waals surface area (Å²) in [5.41, 5.74) is 3.01. The largest absolute Gasteiger partial charge is 0.466 e. The average Bonchev–Trinajstić information content (AvgIpc) is 3.22. The van der Waals surface area contributed by atoms with Crippen LogP contribution in [0.1, 0.15) is 106 Å². The van der Waals surface area contributed by atoms with E-state index in [-0.39, 0.29) is 0 Å². The van der Waals surface area contributed by atoms with Crippen LogP contribution in [-0.4, -0.2) is 0 Å². The fraction of sp³-hybridized carbons (Fsp3) is 0.758. The number of fused-ring (bicyclic) bond motifs is 5. The maximum Gasteiger partial charge on any atom is 0.125 e. The first kappa shape index (κ1) is 26.6. The average molecular weight is 481 g/mol. The summed E-state index contributed by atoms with van der Waals surface area (Å²) in [7, 11) is 0. The van der Waals surface area contributed by atoms with E-state index in [4.69, 9.17) is 0 Å². The molecular formula is C33H52O2. The van der Waals surface area contributed by atoms with Gasteiger partial charge >= 0.3 is 0 Å². The van der Waals surface area contributed by atoms with E-state index in [1.807, 2.05) is 5.57 Å². The molecule has 0 radical (unpaired) electrons. The standard InChI is InChI=1S/C29H48.C4H4O2/c1-7-22(20(2)3)12-11-21(4)25-15-16-26-24-14-13-23-10-8-9-18-28(23,5)27(24)17-19-29(25,26)6;1-2-6-4-3-5-1/h10-12,20-22,24-27H,7-9,13-19H2,1-6H3;1-4H/t21-,22?,24+,25-,26+,27+,28+,29-;/m1./s1. The van der Waals surface area contributed by atoms with E-state index in [1.165, 1.54) is 89.3 Å². The van der Waals surface area contributed by atoms with Crippen molar-refractivity contribution in [2.75, 3.05) is 0 Å². The number of hydrogen-bond acceptors (Lipinski definition) is 2. The molecule has 35 heavy (non-hydrogen) atoms. The van der Waals surface area contributed by atoms with Crippen LogP contribution in [0, 0.1) is 52.3 Å². The molecule has 0 aromatic heterocycles. The molecule has 5 rings (SSSR count). The highest BCUT2D eigenvalue weighted by molar-refractivity contribution is 5.24. The lowest BCUT2D eigenvalue weighted by atomic mass is 9.46. The number of hydrogen-bond donors (Lipinski definition) is 0. The molecule has 0 N–H and O–H groups in total. The van der Waals surface area contributed by atoms with Crippen LogP contribution in [0.5, 0.6) is 0 Å². The molecule has 2 heteroatoms. The van der Waals surface area contributed by atoms with Crippen LogP contribution in [0.15, 0.2) is 48.8 Å². The van der Waals surface area contributed by atoms with Crippen LogP contribution in [0.2, 0.25) is 0 Å². The van der Waals surface area contributed by atoms with Gasteiger partial charge in [-0.3, -0.25) is 0 Å². The molecule has 0 aromatic carbocycles. The molecule has 0 aromatic rings. The summed E-state index contributed by atoms with van der Waals surface area (Å²) in [6.45, 7) is 15.0. The van der Waals surface area contributed by atoms with Crippen molar-refractivity contribution in [3.8, 4) is 0 Å². The van der Waals surface area contributed by atoms with E-state index in [1.54, 1.807) is 0 Å². The lowest BCUT2D eigenvalue weighted by Crippen LogP contribution is -2.50. The van der Waals surface area contributed by atoms with Crippen LogP contribution in [-0.2, 0) is 9.47 Å². The minimum atomic E-state index is 0.553. The zero-order chi connectivity index (χ0) is 25.1. The second-order valence-electron chi connectivity index (χ2n) is 13.1. The lowest BCUT2D eigenvalue weighted by molar-refractivity contribution is -0.0558. The Bertz CT molecular complexity index is 799. The van der Waals surface area contributed by atoms with Gasteiger partial charge in [-0.2, -0.15) is 0 Å². The van der Waals surface area contributed by atoms with Crippen molar-refractivity contribution < 1.29 is 9.47 Å². The van der Waals surface area contributed by atoms with Crippen molar-refractivity contribution in [2.45, 2.75) is 106 Å². The van der Waals surface area contributed by atoms with Crippen molar-refractivity contribution in [2.24, 2.45) is 52.3 Å². The lowest BCUT2D eigenvalue weighted by Gasteiger charge is -2.58. The maximum atomic E-state index is 4.58. The SMILES string of the molecule is C1=COC=CO1.CCC(C=C[C@@H](C)[C@H]1CC[C@H]2[C@@H]3CCC4=CCCC[C@]4(C)[C@H]3CC[C@]12C)C(C)C. The molecule has 0 bridgehead atoms. The summed E-state index contributed by atoms with van der Waals surface area (Å²) < 4.78 is 9.17. The van der Waals surface area contributed by atoms with Crippen LogP contribution < -0.4 is 0 Å². The molecule has 1 heterocycles. The van der Waals surface area contributed by atoms with Gasteiger partial charge in [0.05, 0.1) is 0 Å². The molecular weight excluding hydrogens is 428 g/mol. The van der Waals surface area contributed by atoms with Gasteiger partial charge in [-0.25, -0.2) is 0 Å². The van der Waals surface area contributed by atoms with Crippen LogP contribution >= 0.6 is 0 Å². The van der Waals surface area contributed by atoms with E-state index in [2.05, 4.69) is 69.2 Å². The molecule has 196 valence electrons. The summed E-state index contributed by atoms with van der Waals surface area (Å²) in [5, 5.41) is 0. The van der Waals surface area contributed by atoms with E-state index in [9.17, 15) is 0 Å². The quantitative estimate of drug-likeness (QED) is 0.364. The molecule has 4 aliphatic carbocycles. The summed E-state index contributed by atoms with van der Waals surface area (Å²) in [6, 6.07) is 0.